The van der Waals surface area contributed by atoms with Crippen molar-refractivity contribution in [3.05, 3.63) is 0 Å². The molecule has 0 unspecified atom stereocenters. The third-order valence-electron chi connectivity index (χ3n) is 8.77. The van der Waals surface area contributed by atoms with Crippen LogP contribution >= 0.6 is 19.4 Å². The highest BCUT2D eigenvalue weighted by atomic mass is 32.2. The Morgan fingerprint density at radius 1 is 0.686 bits per heavy atom. The standard InChI is InChI=1S/C37H76F2N3O7PS/c1-3-5-7-9-11-13-15-17-19-21-24-41-34(31-49-26-22-20-18-16-14-12-10-8-6-4-2)32-51-33-35(40)36(43)42-25-28-48-30-29-47-27-23-37(38,39)50(44,45)46/h34-35,41H,3-33,40H2,1-2H3,(H,42,43)(H2,44,45,46)/t34-,35+/m1/s1. The second kappa shape index (κ2) is 35.3. The van der Waals surface area contributed by atoms with Gasteiger partial charge in [-0.15, -0.1) is 0 Å². The molecule has 0 saturated carbocycles. The van der Waals surface area contributed by atoms with Crippen LogP contribution in [0.3, 0.4) is 0 Å². The predicted octanol–water partition coefficient (Wildman–Crippen LogP) is 8.17. The molecule has 14 heteroatoms. The third kappa shape index (κ3) is 32.8. The van der Waals surface area contributed by atoms with Gasteiger partial charge in [0, 0.05) is 37.1 Å². The topological polar surface area (TPSA) is 152 Å². The fraction of sp³-hybridized carbons (Fsp3) is 0.973. The molecular weight excluding hydrogens is 699 g/mol. The summed E-state index contributed by atoms with van der Waals surface area (Å²) in [5, 5.41) is 6.43. The second-order valence-electron chi connectivity index (χ2n) is 13.7. The monoisotopic (exact) mass is 776 g/mol. The SMILES string of the molecule is CCCCCCCCCCCCN[C@H](COCCCCCCCCCCCC)CSC[C@H](N)C(=O)NCCOCCOCCC(F)(F)P(=O)(O)O. The van der Waals surface area contributed by atoms with Gasteiger partial charge in [-0.05, 0) is 19.4 Å². The molecule has 2 atom stereocenters. The number of rotatable bonds is 40. The lowest BCUT2D eigenvalue weighted by atomic mass is 10.1. The Bertz CT molecular complexity index is 833. The van der Waals surface area contributed by atoms with Crippen LogP contribution in [0.25, 0.3) is 0 Å². The van der Waals surface area contributed by atoms with E-state index in [1.807, 2.05) is 0 Å². The molecule has 0 aliphatic heterocycles. The van der Waals surface area contributed by atoms with Crippen molar-refractivity contribution >= 4 is 25.3 Å². The molecule has 0 aromatic rings. The van der Waals surface area contributed by atoms with Gasteiger partial charge in [-0.3, -0.25) is 9.36 Å². The fourth-order valence-corrected chi connectivity index (χ4v) is 6.88. The van der Waals surface area contributed by atoms with Gasteiger partial charge in [0.25, 0.3) is 0 Å². The Labute approximate surface area is 313 Å². The smallest absolute Gasteiger partial charge is 0.380 e. The quantitative estimate of drug-likeness (QED) is 0.0305. The molecule has 0 fully saturated rings. The van der Waals surface area contributed by atoms with Crippen molar-refractivity contribution in [2.24, 2.45) is 5.73 Å². The summed E-state index contributed by atoms with van der Waals surface area (Å²) in [6, 6.07) is -0.463. The lowest BCUT2D eigenvalue weighted by Crippen LogP contribution is -2.44. The van der Waals surface area contributed by atoms with Gasteiger partial charge < -0.3 is 40.4 Å². The van der Waals surface area contributed by atoms with E-state index in [1.54, 1.807) is 11.8 Å². The molecule has 1 amide bonds. The average Bonchev–Trinajstić information content (AvgIpc) is 3.09. The Kier molecular flexibility index (Phi) is 35.1. The van der Waals surface area contributed by atoms with Gasteiger partial charge in [-0.2, -0.15) is 20.5 Å². The highest BCUT2D eigenvalue weighted by Gasteiger charge is 2.48. The fourth-order valence-electron chi connectivity index (χ4n) is 5.45. The number of nitrogens with two attached hydrogens (primary N) is 1. The number of nitrogens with one attached hydrogen (secondary N) is 2. The molecule has 0 bridgehead atoms. The van der Waals surface area contributed by atoms with Gasteiger partial charge >= 0.3 is 13.3 Å². The Morgan fingerprint density at radius 3 is 1.71 bits per heavy atom. The number of amides is 1. The number of alkyl halides is 2. The van der Waals surface area contributed by atoms with Gasteiger partial charge in [0.1, 0.15) is 0 Å². The largest absolute Gasteiger partial charge is 0.394 e. The second-order valence-corrected chi connectivity index (χ2v) is 16.5. The number of ether oxygens (including phenoxy) is 3. The molecule has 306 valence electrons. The van der Waals surface area contributed by atoms with Gasteiger partial charge in [0.05, 0.1) is 39.1 Å². The normalized spacial score (nSPS) is 13.5. The molecule has 51 heavy (non-hydrogen) atoms. The number of hydrogen-bond donors (Lipinski definition) is 5. The van der Waals surface area contributed by atoms with E-state index in [2.05, 4.69) is 24.5 Å². The van der Waals surface area contributed by atoms with E-state index in [4.69, 9.17) is 29.7 Å². The predicted molar refractivity (Wildman–Crippen MR) is 208 cm³/mol. The van der Waals surface area contributed by atoms with Gasteiger partial charge in [0.15, 0.2) is 0 Å². The van der Waals surface area contributed by atoms with Crippen molar-refractivity contribution in [1.82, 2.24) is 10.6 Å². The van der Waals surface area contributed by atoms with Gasteiger partial charge in [-0.25, -0.2) is 0 Å². The van der Waals surface area contributed by atoms with Crippen LogP contribution in [0.4, 0.5) is 8.78 Å². The summed E-state index contributed by atoms with van der Waals surface area (Å²) < 4.78 is 53.5. The molecule has 0 saturated heterocycles. The maximum absolute atomic E-state index is 13.2. The van der Waals surface area contributed by atoms with Crippen LogP contribution in [0.1, 0.15) is 149 Å². The average molecular weight is 776 g/mol. The van der Waals surface area contributed by atoms with Crippen LogP contribution in [0.15, 0.2) is 0 Å². The minimum absolute atomic E-state index is 0.0152. The van der Waals surface area contributed by atoms with Crippen LogP contribution < -0.4 is 16.4 Å². The lowest BCUT2D eigenvalue weighted by molar-refractivity contribution is -0.122. The van der Waals surface area contributed by atoms with E-state index in [0.29, 0.717) is 12.4 Å². The molecule has 0 rings (SSSR count). The van der Waals surface area contributed by atoms with E-state index in [0.717, 1.165) is 31.7 Å². The summed E-state index contributed by atoms with van der Waals surface area (Å²) in [5.74, 6) is 1.02. The molecule has 6 N–H and O–H groups in total. The molecule has 0 aromatic carbocycles. The Balaban J connectivity index is 4.22. The summed E-state index contributed by atoms with van der Waals surface area (Å²) in [6.07, 6.45) is 25.0. The Morgan fingerprint density at radius 2 is 1.18 bits per heavy atom. The molecular formula is C37H76F2N3O7PS. The van der Waals surface area contributed by atoms with Crippen molar-refractivity contribution in [3.8, 4) is 0 Å². The van der Waals surface area contributed by atoms with Crippen molar-refractivity contribution in [3.63, 3.8) is 0 Å². The van der Waals surface area contributed by atoms with E-state index in [9.17, 15) is 18.1 Å². The molecule has 0 aliphatic carbocycles. The summed E-state index contributed by atoms with van der Waals surface area (Å²) in [5.41, 5.74) is 2.02. The first-order chi connectivity index (χ1) is 24.5. The third-order valence-corrected chi connectivity index (χ3v) is 11.1. The summed E-state index contributed by atoms with van der Waals surface area (Å²) in [6.45, 7) is 6.89. The van der Waals surface area contributed by atoms with Crippen LogP contribution in [0, 0.1) is 0 Å². The van der Waals surface area contributed by atoms with Gasteiger partial charge in [0.2, 0.25) is 5.91 Å². The number of halogens is 2. The molecule has 0 aliphatic rings. The van der Waals surface area contributed by atoms with Crippen LogP contribution in [0.5, 0.6) is 0 Å². The first kappa shape index (κ1) is 50.6. The first-order valence-corrected chi connectivity index (χ1v) is 22.8. The molecule has 0 radical (unpaired) electrons. The number of carbonyl (C=O) groups is 1. The molecule has 0 heterocycles. The van der Waals surface area contributed by atoms with E-state index < -0.39 is 32.3 Å². The molecule has 10 nitrogen and oxygen atoms in total. The number of unbranched alkanes of at least 4 members (excludes halogenated alkanes) is 18. The van der Waals surface area contributed by atoms with Crippen molar-refractivity contribution in [1.29, 1.82) is 0 Å². The zero-order valence-corrected chi connectivity index (χ0v) is 33.9. The molecule has 0 aromatic heterocycles. The highest BCUT2D eigenvalue weighted by molar-refractivity contribution is 7.99. The van der Waals surface area contributed by atoms with Crippen molar-refractivity contribution in [2.45, 2.75) is 166 Å². The van der Waals surface area contributed by atoms with Gasteiger partial charge in [-0.1, -0.05) is 129 Å². The van der Waals surface area contributed by atoms with Crippen molar-refractivity contribution < 1.29 is 42.1 Å². The summed E-state index contributed by atoms with van der Waals surface area (Å²) in [4.78, 5) is 29.7. The number of hydrogen-bond acceptors (Lipinski definition) is 8. The molecule has 0 spiro atoms. The van der Waals surface area contributed by atoms with Crippen LogP contribution in [0.2, 0.25) is 0 Å². The minimum Gasteiger partial charge on any atom is -0.380 e. The first-order valence-electron chi connectivity index (χ1n) is 20.1. The summed E-state index contributed by atoms with van der Waals surface area (Å²) in [7, 11) is -5.50. The number of carbonyl (C=O) groups excluding carboxylic acids is 1. The Hall–Kier alpha value is -0.370. The zero-order chi connectivity index (χ0) is 37.9. The van der Waals surface area contributed by atoms with Crippen LogP contribution in [-0.4, -0.2) is 97.7 Å². The van der Waals surface area contributed by atoms with E-state index in [-0.39, 0.29) is 38.3 Å². The minimum atomic E-state index is -5.50. The maximum Gasteiger partial charge on any atom is 0.394 e. The van der Waals surface area contributed by atoms with E-state index in [1.165, 1.54) is 116 Å². The van der Waals surface area contributed by atoms with E-state index >= 15 is 0 Å². The zero-order valence-electron chi connectivity index (χ0n) is 32.2. The lowest BCUT2D eigenvalue weighted by Gasteiger charge is -2.20. The maximum atomic E-state index is 13.2. The van der Waals surface area contributed by atoms with Crippen molar-refractivity contribution in [2.75, 3.05) is 64.2 Å². The summed E-state index contributed by atoms with van der Waals surface area (Å²) >= 11 is 1.64. The number of thioether (sulfide) groups is 1. The van der Waals surface area contributed by atoms with Crippen LogP contribution in [-0.2, 0) is 23.6 Å². The highest BCUT2D eigenvalue weighted by Crippen LogP contribution is 2.54.